The molecular weight excluding hydrogens is 346 g/mol. The summed E-state index contributed by atoms with van der Waals surface area (Å²) >= 11 is 11.2. The van der Waals surface area contributed by atoms with Crippen LogP contribution in [0.5, 0.6) is 0 Å². The maximum absolute atomic E-state index is 13.4. The largest absolute Gasteiger partial charge is 0.326 e. The maximum atomic E-state index is 13.4. The van der Waals surface area contributed by atoms with Gasteiger partial charge in [0.1, 0.15) is 5.15 Å². The van der Waals surface area contributed by atoms with Crippen LogP contribution < -0.4 is 10.6 Å². The van der Waals surface area contributed by atoms with Gasteiger partial charge in [-0.2, -0.15) is 0 Å². The van der Waals surface area contributed by atoms with Crippen LogP contribution in [0.4, 0.5) is 14.9 Å². The lowest BCUT2D eigenvalue weighted by atomic mass is 10.2. The van der Waals surface area contributed by atoms with Gasteiger partial charge in [-0.05, 0) is 31.5 Å². The molecule has 0 aliphatic rings. The number of aromatic nitrogens is 2. The van der Waals surface area contributed by atoms with Crippen LogP contribution in [0.15, 0.2) is 18.3 Å². The van der Waals surface area contributed by atoms with Crippen LogP contribution >= 0.6 is 23.2 Å². The van der Waals surface area contributed by atoms with Crippen molar-refractivity contribution in [1.29, 1.82) is 0 Å². The molecule has 6 nitrogen and oxygen atoms in total. The highest BCUT2D eigenvalue weighted by Gasteiger charge is 2.18. The number of hydrogen-bond acceptors (Lipinski definition) is 4. The van der Waals surface area contributed by atoms with Crippen molar-refractivity contribution < 1.29 is 14.0 Å². The number of halogens is 3. The molecule has 0 saturated heterocycles. The number of carbonyl (C=O) groups excluding carboxylic acids is 2. The SMILES string of the molecule is Cc1ccnc(C)c1NC(=O)NC(=O)c1cc(F)c(Cl)nc1Cl. The molecule has 0 bridgehead atoms. The first kappa shape index (κ1) is 17.1. The summed E-state index contributed by atoms with van der Waals surface area (Å²) < 4.78 is 13.4. The minimum absolute atomic E-state index is 0.302. The van der Waals surface area contributed by atoms with Gasteiger partial charge in [-0.3, -0.25) is 15.1 Å². The molecule has 0 aliphatic heterocycles. The molecule has 2 rings (SSSR count). The van der Waals surface area contributed by atoms with Gasteiger partial charge in [0.15, 0.2) is 11.0 Å². The topological polar surface area (TPSA) is 84.0 Å². The molecule has 2 aromatic rings. The Morgan fingerprint density at radius 2 is 1.91 bits per heavy atom. The Bertz CT molecular complexity index is 778. The average molecular weight is 357 g/mol. The van der Waals surface area contributed by atoms with Crippen molar-refractivity contribution in [3.05, 3.63) is 51.3 Å². The Morgan fingerprint density at radius 1 is 1.22 bits per heavy atom. The van der Waals surface area contributed by atoms with Crippen molar-refractivity contribution in [2.75, 3.05) is 5.32 Å². The van der Waals surface area contributed by atoms with E-state index in [1.54, 1.807) is 26.1 Å². The molecule has 0 spiro atoms. The Morgan fingerprint density at radius 3 is 2.57 bits per heavy atom. The lowest BCUT2D eigenvalue weighted by molar-refractivity contribution is 0.0966. The highest BCUT2D eigenvalue weighted by atomic mass is 35.5. The number of anilines is 1. The second kappa shape index (κ2) is 6.89. The fourth-order valence-corrected chi connectivity index (χ4v) is 2.21. The quantitative estimate of drug-likeness (QED) is 0.806. The second-order valence-corrected chi connectivity index (χ2v) is 5.31. The molecule has 0 atom stereocenters. The molecule has 0 aromatic carbocycles. The van der Waals surface area contributed by atoms with Crippen molar-refractivity contribution in [3.63, 3.8) is 0 Å². The van der Waals surface area contributed by atoms with Gasteiger partial charge in [-0.25, -0.2) is 14.2 Å². The zero-order valence-electron chi connectivity index (χ0n) is 12.1. The third kappa shape index (κ3) is 3.94. The summed E-state index contributed by atoms with van der Waals surface area (Å²) in [4.78, 5) is 31.4. The van der Waals surface area contributed by atoms with Crippen molar-refractivity contribution in [2.24, 2.45) is 0 Å². The van der Waals surface area contributed by atoms with Crippen LogP contribution in [0.2, 0.25) is 10.3 Å². The summed E-state index contributed by atoms with van der Waals surface area (Å²) in [5.74, 6) is -1.82. The van der Waals surface area contributed by atoms with E-state index in [0.717, 1.165) is 11.6 Å². The summed E-state index contributed by atoms with van der Waals surface area (Å²) in [5, 5.41) is 3.77. The molecule has 2 aromatic heterocycles. The maximum Gasteiger partial charge on any atom is 0.326 e. The van der Waals surface area contributed by atoms with E-state index in [4.69, 9.17) is 23.2 Å². The van der Waals surface area contributed by atoms with Gasteiger partial charge in [-0.15, -0.1) is 0 Å². The lowest BCUT2D eigenvalue weighted by Gasteiger charge is -2.11. The van der Waals surface area contributed by atoms with Crippen LogP contribution in [-0.2, 0) is 0 Å². The summed E-state index contributed by atoms with van der Waals surface area (Å²) in [5.41, 5.74) is 1.54. The van der Waals surface area contributed by atoms with Gasteiger partial charge in [0.2, 0.25) is 0 Å². The number of urea groups is 1. The molecule has 9 heteroatoms. The first-order valence-corrected chi connectivity index (χ1v) is 7.11. The van der Waals surface area contributed by atoms with Crippen molar-refractivity contribution in [3.8, 4) is 0 Å². The molecule has 0 unspecified atom stereocenters. The van der Waals surface area contributed by atoms with Gasteiger partial charge in [-0.1, -0.05) is 23.2 Å². The summed E-state index contributed by atoms with van der Waals surface area (Å²) in [7, 11) is 0. The van der Waals surface area contributed by atoms with E-state index in [1.165, 1.54) is 0 Å². The normalized spacial score (nSPS) is 10.3. The van der Waals surface area contributed by atoms with Gasteiger partial charge in [0, 0.05) is 6.20 Å². The number of imide groups is 1. The molecule has 0 fully saturated rings. The van der Waals surface area contributed by atoms with Gasteiger partial charge in [0.25, 0.3) is 5.91 Å². The van der Waals surface area contributed by atoms with Crippen molar-refractivity contribution in [1.82, 2.24) is 15.3 Å². The molecule has 0 saturated carbocycles. The van der Waals surface area contributed by atoms with Crippen LogP contribution in [0.1, 0.15) is 21.6 Å². The van der Waals surface area contributed by atoms with Gasteiger partial charge >= 0.3 is 6.03 Å². The first-order valence-electron chi connectivity index (χ1n) is 6.35. The molecule has 0 radical (unpaired) electrons. The number of nitrogens with zero attached hydrogens (tertiary/aromatic N) is 2. The second-order valence-electron chi connectivity index (χ2n) is 4.60. The van der Waals surface area contributed by atoms with Crippen molar-refractivity contribution in [2.45, 2.75) is 13.8 Å². The number of amides is 3. The molecule has 3 amide bonds. The van der Waals surface area contributed by atoms with Crippen LogP contribution in [0.25, 0.3) is 0 Å². The number of aryl methyl sites for hydroxylation is 2. The number of hydrogen-bond donors (Lipinski definition) is 2. The third-order valence-electron chi connectivity index (χ3n) is 2.95. The molecule has 0 aliphatic carbocycles. The smallest absolute Gasteiger partial charge is 0.306 e. The Balaban J connectivity index is 2.15. The van der Waals surface area contributed by atoms with Crippen molar-refractivity contribution >= 4 is 40.8 Å². The molecule has 120 valence electrons. The zero-order chi connectivity index (χ0) is 17.1. The third-order valence-corrected chi connectivity index (χ3v) is 3.50. The minimum atomic E-state index is -0.916. The molecular formula is C14H11Cl2FN4O2. The van der Waals surface area contributed by atoms with E-state index in [9.17, 15) is 14.0 Å². The average Bonchev–Trinajstić information content (AvgIpc) is 2.46. The predicted octanol–water partition coefficient (Wildman–Crippen LogP) is 3.50. The highest BCUT2D eigenvalue weighted by Crippen LogP contribution is 2.20. The van der Waals surface area contributed by atoms with Gasteiger partial charge < -0.3 is 5.32 Å². The number of pyridine rings is 2. The fraction of sp³-hybridized carbons (Fsp3) is 0.143. The standard InChI is InChI=1S/C14H11Cl2FN4O2/c1-6-3-4-18-7(2)10(6)19-14(23)21-13(22)8-5-9(17)12(16)20-11(8)15/h3-5H,1-2H3,(H2,19,21,22,23). The lowest BCUT2D eigenvalue weighted by Crippen LogP contribution is -2.35. The van der Waals surface area contributed by atoms with E-state index in [1.807, 2.05) is 5.32 Å². The highest BCUT2D eigenvalue weighted by molar-refractivity contribution is 6.35. The van der Waals surface area contributed by atoms with E-state index in [2.05, 4.69) is 15.3 Å². The van der Waals surface area contributed by atoms with E-state index in [0.29, 0.717) is 11.4 Å². The number of nitrogens with one attached hydrogen (secondary N) is 2. The molecule has 23 heavy (non-hydrogen) atoms. The number of rotatable bonds is 2. The predicted molar refractivity (Wildman–Crippen MR) is 84.4 cm³/mol. The van der Waals surface area contributed by atoms with Gasteiger partial charge in [0.05, 0.1) is 16.9 Å². The molecule has 2 N–H and O–H groups in total. The molecule has 2 heterocycles. The minimum Gasteiger partial charge on any atom is -0.306 e. The summed E-state index contributed by atoms with van der Waals surface area (Å²) in [6, 6.07) is 1.71. The van der Waals surface area contributed by atoms with Crippen LogP contribution in [0, 0.1) is 19.7 Å². The van der Waals surface area contributed by atoms with E-state index < -0.39 is 22.9 Å². The summed E-state index contributed by atoms with van der Waals surface area (Å²) in [6.45, 7) is 3.49. The zero-order valence-corrected chi connectivity index (χ0v) is 13.6. The monoisotopic (exact) mass is 356 g/mol. The van der Waals surface area contributed by atoms with E-state index in [-0.39, 0.29) is 10.7 Å². The van der Waals surface area contributed by atoms with E-state index >= 15 is 0 Å². The van der Waals surface area contributed by atoms with Crippen LogP contribution in [-0.4, -0.2) is 21.9 Å². The Kier molecular flexibility index (Phi) is 5.12. The fourth-order valence-electron chi connectivity index (χ4n) is 1.80. The first-order chi connectivity index (χ1) is 10.8. The number of carbonyl (C=O) groups is 2. The Labute approximate surface area is 141 Å². The van der Waals surface area contributed by atoms with Crippen LogP contribution in [0.3, 0.4) is 0 Å². The summed E-state index contributed by atoms with van der Waals surface area (Å²) in [6.07, 6.45) is 1.60. The Hall–Kier alpha value is -2.25.